The van der Waals surface area contributed by atoms with Crippen LogP contribution in [0.2, 0.25) is 0 Å². The van der Waals surface area contributed by atoms with Crippen molar-refractivity contribution in [2.24, 2.45) is 0 Å². The molecule has 140 valence electrons. The van der Waals surface area contributed by atoms with Crippen molar-refractivity contribution in [2.75, 3.05) is 0 Å². The molecule has 0 saturated carbocycles. The molecule has 1 amide bonds. The molecule has 0 radical (unpaired) electrons. The maximum Gasteiger partial charge on any atom is 0.408 e. The number of amides is 1. The third-order valence-corrected chi connectivity index (χ3v) is 4.09. The normalized spacial score (nSPS) is 15.0. The average Bonchev–Trinajstić information content (AvgIpc) is 2.44. The molecule has 0 fully saturated rings. The number of alkyl carbamates (subject to hydrolysis) is 1. The number of carbonyl (C=O) groups is 2. The van der Waals surface area contributed by atoms with E-state index in [1.807, 2.05) is 19.9 Å². The Morgan fingerprint density at radius 2 is 1.56 bits per heavy atom. The summed E-state index contributed by atoms with van der Waals surface area (Å²) in [6.45, 7) is 14.9. The van der Waals surface area contributed by atoms with E-state index < -0.39 is 23.7 Å². The molecule has 0 saturated heterocycles. The third kappa shape index (κ3) is 6.40. The molecule has 3 atom stereocenters. The highest BCUT2D eigenvalue weighted by Crippen LogP contribution is 2.27. The van der Waals surface area contributed by atoms with Crippen LogP contribution in [0.3, 0.4) is 0 Å². The molecule has 0 aliphatic heterocycles. The van der Waals surface area contributed by atoms with Crippen molar-refractivity contribution in [1.29, 1.82) is 0 Å². The SMILES string of the molecule is Cc1cccc(C)c1[C@H](C)[C@H](C)OC(=O)[C@H](C)NC(=O)OC(C)(C)C. The Labute approximate surface area is 151 Å². The minimum absolute atomic E-state index is 0.0545. The monoisotopic (exact) mass is 349 g/mol. The maximum atomic E-state index is 12.3. The fraction of sp³-hybridized carbons (Fsp3) is 0.600. The lowest BCUT2D eigenvalue weighted by Gasteiger charge is -2.26. The Balaban J connectivity index is 2.68. The van der Waals surface area contributed by atoms with Crippen molar-refractivity contribution >= 4 is 12.1 Å². The highest BCUT2D eigenvalue weighted by Gasteiger charge is 2.26. The van der Waals surface area contributed by atoms with Crippen molar-refractivity contribution in [3.63, 3.8) is 0 Å². The van der Waals surface area contributed by atoms with E-state index in [0.717, 1.165) is 0 Å². The highest BCUT2D eigenvalue weighted by molar-refractivity contribution is 5.81. The summed E-state index contributed by atoms with van der Waals surface area (Å²) in [5.41, 5.74) is 2.93. The molecule has 1 aromatic carbocycles. The lowest BCUT2D eigenvalue weighted by molar-refractivity contribution is -0.151. The van der Waals surface area contributed by atoms with E-state index in [-0.39, 0.29) is 12.0 Å². The Morgan fingerprint density at radius 1 is 1.04 bits per heavy atom. The molecule has 0 spiro atoms. The van der Waals surface area contributed by atoms with Gasteiger partial charge in [0, 0.05) is 5.92 Å². The lowest BCUT2D eigenvalue weighted by Crippen LogP contribution is -2.43. The van der Waals surface area contributed by atoms with Crippen LogP contribution in [0.25, 0.3) is 0 Å². The Morgan fingerprint density at radius 3 is 2.04 bits per heavy atom. The van der Waals surface area contributed by atoms with Crippen LogP contribution in [-0.2, 0) is 14.3 Å². The maximum absolute atomic E-state index is 12.3. The highest BCUT2D eigenvalue weighted by atomic mass is 16.6. The number of hydrogen-bond acceptors (Lipinski definition) is 4. The molecular formula is C20H31NO4. The van der Waals surface area contributed by atoms with Crippen molar-refractivity contribution in [1.82, 2.24) is 5.32 Å². The van der Waals surface area contributed by atoms with Gasteiger partial charge in [-0.15, -0.1) is 0 Å². The summed E-state index contributed by atoms with van der Waals surface area (Å²) in [5.74, 6) is -0.421. The van der Waals surface area contributed by atoms with Gasteiger partial charge >= 0.3 is 12.1 Å². The smallest absolute Gasteiger partial charge is 0.408 e. The second kappa shape index (κ2) is 8.37. The van der Waals surface area contributed by atoms with Crippen molar-refractivity contribution < 1.29 is 19.1 Å². The summed E-state index contributed by atoms with van der Waals surface area (Å²) >= 11 is 0. The van der Waals surface area contributed by atoms with Gasteiger partial charge in [0.2, 0.25) is 0 Å². The van der Waals surface area contributed by atoms with E-state index in [2.05, 4.69) is 31.3 Å². The minimum atomic E-state index is -0.775. The van der Waals surface area contributed by atoms with Gasteiger partial charge in [-0.1, -0.05) is 25.1 Å². The predicted molar refractivity (Wildman–Crippen MR) is 98.7 cm³/mol. The lowest BCUT2D eigenvalue weighted by atomic mass is 9.89. The third-order valence-electron chi connectivity index (χ3n) is 4.09. The molecule has 25 heavy (non-hydrogen) atoms. The minimum Gasteiger partial charge on any atom is -0.461 e. The molecule has 0 heterocycles. The Hall–Kier alpha value is -2.04. The van der Waals surface area contributed by atoms with Crippen LogP contribution in [0, 0.1) is 13.8 Å². The van der Waals surface area contributed by atoms with Gasteiger partial charge < -0.3 is 14.8 Å². The van der Waals surface area contributed by atoms with Crippen LogP contribution in [0.15, 0.2) is 18.2 Å². The zero-order valence-corrected chi connectivity index (χ0v) is 16.6. The van der Waals surface area contributed by atoms with Gasteiger partial charge in [-0.25, -0.2) is 9.59 Å². The fourth-order valence-corrected chi connectivity index (χ4v) is 2.71. The largest absolute Gasteiger partial charge is 0.461 e. The topological polar surface area (TPSA) is 64.6 Å². The van der Waals surface area contributed by atoms with Gasteiger partial charge in [0.05, 0.1) is 0 Å². The van der Waals surface area contributed by atoms with Crippen LogP contribution >= 0.6 is 0 Å². The number of aryl methyl sites for hydroxylation is 2. The molecule has 1 rings (SSSR count). The van der Waals surface area contributed by atoms with E-state index in [9.17, 15) is 9.59 Å². The van der Waals surface area contributed by atoms with Gasteiger partial charge in [0.1, 0.15) is 17.7 Å². The molecule has 5 heteroatoms. The van der Waals surface area contributed by atoms with Gasteiger partial charge in [-0.2, -0.15) is 0 Å². The first-order valence-corrected chi connectivity index (χ1v) is 8.68. The first-order chi connectivity index (χ1) is 11.4. The van der Waals surface area contributed by atoms with Crippen molar-refractivity contribution in [3.8, 4) is 0 Å². The molecule has 0 bridgehead atoms. The van der Waals surface area contributed by atoms with Crippen LogP contribution < -0.4 is 5.32 Å². The molecule has 0 aromatic heterocycles. The van der Waals surface area contributed by atoms with Crippen LogP contribution in [0.1, 0.15) is 64.2 Å². The first-order valence-electron chi connectivity index (χ1n) is 8.68. The molecule has 1 aromatic rings. The number of hydrogen-bond donors (Lipinski definition) is 1. The second-order valence-electron chi connectivity index (χ2n) is 7.60. The summed E-state index contributed by atoms with van der Waals surface area (Å²) in [5, 5.41) is 2.51. The number of esters is 1. The predicted octanol–water partition coefficient (Wildman–Crippen LogP) is 4.25. The summed E-state index contributed by atoms with van der Waals surface area (Å²) in [4.78, 5) is 24.0. The molecular weight excluding hydrogens is 318 g/mol. The van der Waals surface area contributed by atoms with Crippen LogP contribution in [0.5, 0.6) is 0 Å². The van der Waals surface area contributed by atoms with Gasteiger partial charge in [-0.05, 0) is 65.2 Å². The van der Waals surface area contributed by atoms with Crippen molar-refractivity contribution in [3.05, 3.63) is 34.9 Å². The number of benzene rings is 1. The van der Waals surface area contributed by atoms with Gasteiger partial charge in [-0.3, -0.25) is 0 Å². The average molecular weight is 349 g/mol. The fourth-order valence-electron chi connectivity index (χ4n) is 2.71. The summed E-state index contributed by atoms with van der Waals surface area (Å²) in [7, 11) is 0. The van der Waals surface area contributed by atoms with Crippen LogP contribution in [-0.4, -0.2) is 29.8 Å². The van der Waals surface area contributed by atoms with Gasteiger partial charge in [0.15, 0.2) is 0 Å². The quantitative estimate of drug-likeness (QED) is 0.807. The number of carbonyl (C=O) groups excluding carboxylic acids is 2. The Kier molecular flexibility index (Phi) is 7.03. The summed E-state index contributed by atoms with van der Waals surface area (Å²) in [6, 6.07) is 5.35. The zero-order valence-electron chi connectivity index (χ0n) is 16.6. The van der Waals surface area contributed by atoms with E-state index >= 15 is 0 Å². The van der Waals surface area contributed by atoms with E-state index in [1.165, 1.54) is 16.7 Å². The van der Waals surface area contributed by atoms with E-state index in [4.69, 9.17) is 9.47 Å². The summed E-state index contributed by atoms with van der Waals surface area (Å²) in [6.07, 6.45) is -0.942. The van der Waals surface area contributed by atoms with E-state index in [0.29, 0.717) is 0 Å². The van der Waals surface area contributed by atoms with Crippen molar-refractivity contribution in [2.45, 2.75) is 79.1 Å². The zero-order chi connectivity index (χ0) is 19.4. The number of rotatable bonds is 5. The molecule has 0 aliphatic rings. The molecule has 0 unspecified atom stereocenters. The standard InChI is InChI=1S/C20H31NO4/c1-12-10-9-11-13(2)17(12)14(3)16(5)24-18(22)15(4)21-19(23)25-20(6,7)8/h9-11,14-16H,1-8H3,(H,21,23)/t14-,15+,16+/m1/s1. The summed E-state index contributed by atoms with van der Waals surface area (Å²) < 4.78 is 10.7. The molecule has 5 nitrogen and oxygen atoms in total. The number of nitrogens with one attached hydrogen (secondary N) is 1. The molecule has 0 aliphatic carbocycles. The van der Waals surface area contributed by atoms with Crippen LogP contribution in [0.4, 0.5) is 4.79 Å². The number of ether oxygens (including phenoxy) is 2. The second-order valence-corrected chi connectivity index (χ2v) is 7.60. The first kappa shape index (κ1) is 21.0. The Bertz CT molecular complexity index is 598. The van der Waals surface area contributed by atoms with E-state index in [1.54, 1.807) is 27.7 Å². The van der Waals surface area contributed by atoms with Gasteiger partial charge in [0.25, 0.3) is 0 Å². The molecule has 1 N–H and O–H groups in total.